The van der Waals surface area contributed by atoms with E-state index in [2.05, 4.69) is 170 Å². The predicted octanol–water partition coefficient (Wildman–Crippen LogP) is 11.8. The number of hydrogen-bond acceptors (Lipinski definition) is 1. The Morgan fingerprint density at radius 2 is 1.09 bits per heavy atom. The zero-order chi connectivity index (χ0) is 30.2. The van der Waals surface area contributed by atoms with Gasteiger partial charge >= 0.3 is 0 Å². The molecule has 0 saturated heterocycles. The first-order chi connectivity index (χ1) is 22.8. The van der Waals surface area contributed by atoms with E-state index in [9.17, 15) is 0 Å². The van der Waals surface area contributed by atoms with Crippen molar-refractivity contribution in [2.45, 2.75) is 5.41 Å². The normalized spacial score (nSPS) is 15.7. The van der Waals surface area contributed by atoms with Crippen LogP contribution in [-0.2, 0) is 5.41 Å². The van der Waals surface area contributed by atoms with Gasteiger partial charge in [-0.05, 0) is 90.5 Å². The SMILES string of the molecule is c1ccc(C2(c3cccc(-c4ccc5c(c4)Oc4cccc6cccc-5c46)c3)c3ccccc3-c3ccc4ccccc4c32)cc1. The van der Waals surface area contributed by atoms with Gasteiger partial charge in [-0.2, -0.15) is 0 Å². The van der Waals surface area contributed by atoms with Gasteiger partial charge in [0, 0.05) is 10.9 Å². The lowest BCUT2D eigenvalue weighted by Gasteiger charge is -2.35. The van der Waals surface area contributed by atoms with Crippen molar-refractivity contribution in [1.82, 2.24) is 0 Å². The van der Waals surface area contributed by atoms with Crippen molar-refractivity contribution in [1.29, 1.82) is 0 Å². The molecule has 46 heavy (non-hydrogen) atoms. The molecule has 0 amide bonds. The summed E-state index contributed by atoms with van der Waals surface area (Å²) in [4.78, 5) is 0. The van der Waals surface area contributed by atoms with Gasteiger partial charge in [-0.15, -0.1) is 0 Å². The molecule has 0 radical (unpaired) electrons. The molecule has 214 valence electrons. The van der Waals surface area contributed by atoms with Gasteiger partial charge in [0.15, 0.2) is 0 Å². The van der Waals surface area contributed by atoms with E-state index >= 15 is 0 Å². The Hall–Kier alpha value is -5.92. The Morgan fingerprint density at radius 3 is 2.02 bits per heavy atom. The molecule has 1 heterocycles. The Labute approximate surface area is 268 Å². The Morgan fingerprint density at radius 1 is 0.391 bits per heavy atom. The zero-order valence-electron chi connectivity index (χ0n) is 25.1. The van der Waals surface area contributed by atoms with Gasteiger partial charge in [0.05, 0.1) is 5.41 Å². The van der Waals surface area contributed by atoms with E-state index < -0.39 is 5.41 Å². The fourth-order valence-corrected chi connectivity index (χ4v) is 8.21. The Kier molecular flexibility index (Phi) is 5.27. The molecular formula is C45H28O. The molecule has 8 aromatic rings. The minimum absolute atomic E-state index is 0.483. The molecule has 1 unspecified atom stereocenters. The molecule has 0 aromatic heterocycles. The second kappa shape index (κ2) is 9.54. The van der Waals surface area contributed by atoms with E-state index in [1.165, 1.54) is 66.1 Å². The topological polar surface area (TPSA) is 9.23 Å². The number of rotatable bonds is 3. The smallest absolute Gasteiger partial charge is 0.135 e. The maximum Gasteiger partial charge on any atom is 0.135 e. The van der Waals surface area contributed by atoms with Crippen LogP contribution in [0.15, 0.2) is 170 Å². The van der Waals surface area contributed by atoms with Crippen LogP contribution in [0.1, 0.15) is 22.3 Å². The summed E-state index contributed by atoms with van der Waals surface area (Å²) in [6.45, 7) is 0. The van der Waals surface area contributed by atoms with E-state index in [1.807, 2.05) is 0 Å². The number of benzene rings is 8. The molecule has 10 rings (SSSR count). The van der Waals surface area contributed by atoms with E-state index in [4.69, 9.17) is 4.74 Å². The van der Waals surface area contributed by atoms with Crippen LogP contribution in [0.2, 0.25) is 0 Å². The van der Waals surface area contributed by atoms with Crippen molar-refractivity contribution in [3.63, 3.8) is 0 Å². The number of hydrogen-bond donors (Lipinski definition) is 0. The van der Waals surface area contributed by atoms with Gasteiger partial charge in [-0.3, -0.25) is 0 Å². The second-order valence-electron chi connectivity index (χ2n) is 12.4. The highest BCUT2D eigenvalue weighted by Crippen LogP contribution is 2.58. The molecule has 1 nitrogen and oxygen atoms in total. The summed E-state index contributed by atoms with van der Waals surface area (Å²) in [6, 6.07) is 62.1. The maximum absolute atomic E-state index is 6.57. The average molecular weight is 585 g/mol. The first kappa shape index (κ1) is 25.4. The third-order valence-electron chi connectivity index (χ3n) is 10.1. The van der Waals surface area contributed by atoms with Crippen LogP contribution >= 0.6 is 0 Å². The highest BCUT2D eigenvalue weighted by Gasteiger charge is 2.47. The molecule has 1 atom stereocenters. The van der Waals surface area contributed by atoms with Gasteiger partial charge in [0.25, 0.3) is 0 Å². The van der Waals surface area contributed by atoms with Crippen LogP contribution < -0.4 is 4.74 Å². The molecule has 1 aliphatic heterocycles. The first-order valence-electron chi connectivity index (χ1n) is 15.9. The molecule has 0 N–H and O–H groups in total. The van der Waals surface area contributed by atoms with Crippen molar-refractivity contribution in [2.75, 3.05) is 0 Å². The third-order valence-corrected chi connectivity index (χ3v) is 10.1. The van der Waals surface area contributed by atoms with E-state index in [-0.39, 0.29) is 0 Å². The summed E-state index contributed by atoms with van der Waals surface area (Å²) < 4.78 is 6.57. The first-order valence-corrected chi connectivity index (χ1v) is 15.9. The summed E-state index contributed by atoms with van der Waals surface area (Å²) in [5.41, 5.74) is 12.0. The molecule has 2 aliphatic rings. The molecule has 1 aliphatic carbocycles. The van der Waals surface area contributed by atoms with Crippen LogP contribution in [0.25, 0.3) is 54.9 Å². The summed E-state index contributed by atoms with van der Waals surface area (Å²) in [6.07, 6.45) is 0. The fraction of sp³-hybridized carbons (Fsp3) is 0.0222. The highest BCUT2D eigenvalue weighted by atomic mass is 16.5. The van der Waals surface area contributed by atoms with E-state index in [1.54, 1.807) is 0 Å². The zero-order valence-corrected chi connectivity index (χ0v) is 25.1. The Bertz CT molecular complexity index is 2500. The molecule has 0 spiro atoms. The Balaban J connectivity index is 1.22. The maximum atomic E-state index is 6.57. The lowest BCUT2D eigenvalue weighted by molar-refractivity contribution is 0.487. The molecule has 0 fully saturated rings. The largest absolute Gasteiger partial charge is 0.456 e. The van der Waals surface area contributed by atoms with E-state index in [0.29, 0.717) is 0 Å². The average Bonchev–Trinajstić information content (AvgIpc) is 3.44. The van der Waals surface area contributed by atoms with Crippen LogP contribution in [0, 0.1) is 0 Å². The lowest BCUT2D eigenvalue weighted by atomic mass is 9.66. The summed E-state index contributed by atoms with van der Waals surface area (Å²) in [5, 5.41) is 4.93. The van der Waals surface area contributed by atoms with Gasteiger partial charge < -0.3 is 4.74 Å². The quantitative estimate of drug-likeness (QED) is 0.201. The molecule has 0 bridgehead atoms. The molecule has 0 saturated carbocycles. The number of fused-ring (bicyclic) bond motifs is 7. The second-order valence-corrected chi connectivity index (χ2v) is 12.4. The highest BCUT2D eigenvalue weighted by molar-refractivity contribution is 6.04. The van der Waals surface area contributed by atoms with Crippen LogP contribution in [0.3, 0.4) is 0 Å². The van der Waals surface area contributed by atoms with Gasteiger partial charge in [-0.1, -0.05) is 146 Å². The van der Waals surface area contributed by atoms with Crippen LogP contribution in [0.5, 0.6) is 11.5 Å². The summed E-state index contributed by atoms with van der Waals surface area (Å²) in [7, 11) is 0. The van der Waals surface area contributed by atoms with Crippen molar-refractivity contribution >= 4 is 21.5 Å². The van der Waals surface area contributed by atoms with Gasteiger partial charge in [0.1, 0.15) is 11.5 Å². The number of ether oxygens (including phenoxy) is 1. The van der Waals surface area contributed by atoms with Crippen LogP contribution in [-0.4, -0.2) is 0 Å². The van der Waals surface area contributed by atoms with Crippen molar-refractivity contribution in [3.8, 4) is 44.9 Å². The standard InChI is InChI=1S/C45H28O/c1-2-15-33(16-3-1)45(40-21-7-6-19-36(40)39-26-23-29-11-4-5-18-35(29)44(39)45)34-17-8-14-31(27-34)32-24-25-37-38-20-9-12-30-13-10-22-41(43(30)38)46-42(37)28-32/h1-28H. The summed E-state index contributed by atoms with van der Waals surface area (Å²) >= 11 is 0. The monoisotopic (exact) mass is 584 g/mol. The van der Waals surface area contributed by atoms with E-state index in [0.717, 1.165) is 22.6 Å². The molecule has 1 heteroatoms. The van der Waals surface area contributed by atoms with Crippen molar-refractivity contribution in [3.05, 3.63) is 192 Å². The van der Waals surface area contributed by atoms with Gasteiger partial charge in [0.2, 0.25) is 0 Å². The lowest BCUT2D eigenvalue weighted by Crippen LogP contribution is -2.28. The van der Waals surface area contributed by atoms with Crippen LogP contribution in [0.4, 0.5) is 0 Å². The minimum Gasteiger partial charge on any atom is -0.456 e. The predicted molar refractivity (Wildman–Crippen MR) is 190 cm³/mol. The van der Waals surface area contributed by atoms with Crippen molar-refractivity contribution < 1.29 is 4.74 Å². The summed E-state index contributed by atoms with van der Waals surface area (Å²) in [5.74, 6) is 1.81. The molecular weight excluding hydrogens is 556 g/mol. The van der Waals surface area contributed by atoms with Crippen molar-refractivity contribution in [2.24, 2.45) is 0 Å². The third kappa shape index (κ3) is 3.40. The van der Waals surface area contributed by atoms with Gasteiger partial charge in [-0.25, -0.2) is 0 Å². The fourth-order valence-electron chi connectivity index (χ4n) is 8.21. The minimum atomic E-state index is -0.483. The molecule has 8 aromatic carbocycles.